The lowest BCUT2D eigenvalue weighted by Gasteiger charge is -2.03. The van der Waals surface area contributed by atoms with Gasteiger partial charge < -0.3 is 5.32 Å². The number of hydrogen-bond donors (Lipinski definition) is 1. The molecule has 0 spiro atoms. The van der Waals surface area contributed by atoms with Gasteiger partial charge >= 0.3 is 0 Å². The van der Waals surface area contributed by atoms with Gasteiger partial charge in [0, 0.05) is 11.6 Å². The van der Waals surface area contributed by atoms with Gasteiger partial charge in [0.25, 0.3) is 5.91 Å². The van der Waals surface area contributed by atoms with Crippen LogP contribution in [0.1, 0.15) is 24.5 Å². The number of carbonyl (C=O) groups excluding carboxylic acids is 1. The van der Waals surface area contributed by atoms with Crippen LogP contribution < -0.4 is 5.32 Å². The first kappa shape index (κ1) is 14.3. The molecule has 3 nitrogen and oxygen atoms in total. The molecule has 0 fully saturated rings. The average Bonchev–Trinajstić information content (AvgIpc) is 2.31. The summed E-state index contributed by atoms with van der Waals surface area (Å²) in [6.45, 7) is 4.43. The number of nitrogens with one attached hydrogen (secondary N) is 1. The standard InChI is InChI=1S/C14H15ClN2O/c1-3-4-17-14(18)12(9-16)7-11-5-10(2)6-13(15)8-11/h5-8H,3-4H2,1-2H3,(H,17,18)/b12-7-. The largest absolute Gasteiger partial charge is 0.351 e. The molecule has 0 bridgehead atoms. The molecule has 18 heavy (non-hydrogen) atoms. The minimum Gasteiger partial charge on any atom is -0.351 e. The van der Waals surface area contributed by atoms with Gasteiger partial charge in [-0.05, 0) is 42.7 Å². The summed E-state index contributed by atoms with van der Waals surface area (Å²) in [5.41, 5.74) is 1.83. The van der Waals surface area contributed by atoms with E-state index in [1.165, 1.54) is 0 Å². The Morgan fingerprint density at radius 3 is 2.78 bits per heavy atom. The average molecular weight is 263 g/mol. The van der Waals surface area contributed by atoms with E-state index in [9.17, 15) is 4.79 Å². The van der Waals surface area contributed by atoms with Gasteiger partial charge in [-0.25, -0.2) is 0 Å². The zero-order valence-corrected chi connectivity index (χ0v) is 11.2. The van der Waals surface area contributed by atoms with Crippen molar-refractivity contribution >= 4 is 23.6 Å². The third kappa shape index (κ3) is 4.23. The fraction of sp³-hybridized carbons (Fsp3) is 0.286. The predicted molar refractivity (Wildman–Crippen MR) is 73.1 cm³/mol. The summed E-state index contributed by atoms with van der Waals surface area (Å²) in [6.07, 6.45) is 2.38. The molecular formula is C14H15ClN2O. The van der Waals surface area contributed by atoms with E-state index in [4.69, 9.17) is 16.9 Å². The first-order valence-corrected chi connectivity index (χ1v) is 6.11. The highest BCUT2D eigenvalue weighted by atomic mass is 35.5. The fourth-order valence-electron chi connectivity index (χ4n) is 1.50. The first-order valence-electron chi connectivity index (χ1n) is 5.74. The number of carbonyl (C=O) groups is 1. The number of amides is 1. The molecule has 1 N–H and O–H groups in total. The van der Waals surface area contributed by atoms with Gasteiger partial charge in [0.05, 0.1) is 0 Å². The molecule has 94 valence electrons. The van der Waals surface area contributed by atoms with Crippen molar-refractivity contribution in [2.24, 2.45) is 0 Å². The Morgan fingerprint density at radius 1 is 1.50 bits per heavy atom. The van der Waals surface area contributed by atoms with Crippen LogP contribution in [0.4, 0.5) is 0 Å². The van der Waals surface area contributed by atoms with Gasteiger partial charge in [-0.15, -0.1) is 0 Å². The molecule has 1 aromatic carbocycles. The van der Waals surface area contributed by atoms with E-state index in [1.807, 2.05) is 32.0 Å². The van der Waals surface area contributed by atoms with Crippen LogP contribution in [-0.2, 0) is 4.79 Å². The van der Waals surface area contributed by atoms with Crippen molar-refractivity contribution in [3.63, 3.8) is 0 Å². The summed E-state index contributed by atoms with van der Waals surface area (Å²) in [6, 6.07) is 7.32. The minimum atomic E-state index is -0.350. The highest BCUT2D eigenvalue weighted by Crippen LogP contribution is 2.17. The van der Waals surface area contributed by atoms with Crippen molar-refractivity contribution < 1.29 is 4.79 Å². The van der Waals surface area contributed by atoms with Gasteiger partial charge in [-0.2, -0.15) is 5.26 Å². The molecule has 0 aliphatic heterocycles. The summed E-state index contributed by atoms with van der Waals surface area (Å²) in [5.74, 6) is -0.350. The summed E-state index contributed by atoms with van der Waals surface area (Å²) >= 11 is 5.93. The van der Waals surface area contributed by atoms with E-state index in [1.54, 1.807) is 12.1 Å². The van der Waals surface area contributed by atoms with Crippen LogP contribution in [0, 0.1) is 18.3 Å². The maximum absolute atomic E-state index is 11.7. The van der Waals surface area contributed by atoms with Crippen molar-refractivity contribution in [1.29, 1.82) is 5.26 Å². The Bertz CT molecular complexity index is 495. The predicted octanol–water partition coefficient (Wildman–Crippen LogP) is 3.08. The number of benzene rings is 1. The van der Waals surface area contributed by atoms with Crippen molar-refractivity contribution in [2.45, 2.75) is 20.3 Å². The van der Waals surface area contributed by atoms with Crippen LogP contribution in [0.3, 0.4) is 0 Å². The molecule has 0 aliphatic rings. The van der Waals surface area contributed by atoms with Crippen LogP contribution in [0.25, 0.3) is 6.08 Å². The maximum atomic E-state index is 11.7. The maximum Gasteiger partial charge on any atom is 0.261 e. The number of halogens is 1. The van der Waals surface area contributed by atoms with E-state index >= 15 is 0 Å². The van der Waals surface area contributed by atoms with Gasteiger partial charge in [-0.3, -0.25) is 4.79 Å². The molecule has 0 saturated heterocycles. The van der Waals surface area contributed by atoms with E-state index in [0.717, 1.165) is 17.5 Å². The molecule has 0 atom stereocenters. The fourth-order valence-corrected chi connectivity index (χ4v) is 1.80. The summed E-state index contributed by atoms with van der Waals surface area (Å²) in [5, 5.41) is 12.2. The van der Waals surface area contributed by atoms with E-state index in [-0.39, 0.29) is 11.5 Å². The lowest BCUT2D eigenvalue weighted by atomic mass is 10.1. The lowest BCUT2D eigenvalue weighted by molar-refractivity contribution is -0.117. The summed E-state index contributed by atoms with van der Waals surface area (Å²) in [7, 11) is 0. The SMILES string of the molecule is CCCNC(=O)/C(C#N)=C\c1cc(C)cc(Cl)c1. The van der Waals surface area contributed by atoms with Crippen LogP contribution in [0.15, 0.2) is 23.8 Å². The molecule has 1 amide bonds. The molecule has 0 saturated carbocycles. The normalized spacial score (nSPS) is 10.9. The molecular weight excluding hydrogens is 248 g/mol. The quantitative estimate of drug-likeness (QED) is 0.670. The van der Waals surface area contributed by atoms with Crippen LogP contribution in [0.5, 0.6) is 0 Å². The van der Waals surface area contributed by atoms with E-state index < -0.39 is 0 Å². The Labute approximate surface area is 112 Å². The van der Waals surface area contributed by atoms with Gasteiger partial charge in [0.1, 0.15) is 11.6 Å². The number of nitrogens with zero attached hydrogens (tertiary/aromatic N) is 1. The van der Waals surface area contributed by atoms with E-state index in [2.05, 4.69) is 5.32 Å². The number of nitriles is 1. The van der Waals surface area contributed by atoms with Gasteiger partial charge in [0.15, 0.2) is 0 Å². The summed E-state index contributed by atoms with van der Waals surface area (Å²) < 4.78 is 0. The smallest absolute Gasteiger partial charge is 0.261 e. The Balaban J connectivity index is 2.97. The van der Waals surface area contributed by atoms with Crippen LogP contribution >= 0.6 is 11.6 Å². The highest BCUT2D eigenvalue weighted by molar-refractivity contribution is 6.30. The topological polar surface area (TPSA) is 52.9 Å². The Hall–Kier alpha value is -1.79. The van der Waals surface area contributed by atoms with Crippen molar-refractivity contribution in [1.82, 2.24) is 5.32 Å². The molecule has 0 heterocycles. The lowest BCUT2D eigenvalue weighted by Crippen LogP contribution is -2.25. The van der Waals surface area contributed by atoms with Crippen molar-refractivity contribution in [3.8, 4) is 6.07 Å². The highest BCUT2D eigenvalue weighted by Gasteiger charge is 2.08. The number of rotatable bonds is 4. The molecule has 1 rings (SSSR count). The zero-order chi connectivity index (χ0) is 13.5. The van der Waals surface area contributed by atoms with Crippen molar-refractivity contribution in [2.75, 3.05) is 6.54 Å². The second-order valence-electron chi connectivity index (χ2n) is 3.99. The second-order valence-corrected chi connectivity index (χ2v) is 4.42. The minimum absolute atomic E-state index is 0.0881. The molecule has 4 heteroatoms. The molecule has 0 aromatic heterocycles. The van der Waals surface area contributed by atoms with Crippen LogP contribution in [0.2, 0.25) is 5.02 Å². The van der Waals surface area contributed by atoms with Gasteiger partial charge in [-0.1, -0.05) is 24.6 Å². The second kappa shape index (κ2) is 6.83. The molecule has 0 aliphatic carbocycles. The summed E-state index contributed by atoms with van der Waals surface area (Å²) in [4.78, 5) is 11.7. The molecule has 0 radical (unpaired) electrons. The van der Waals surface area contributed by atoms with Crippen LogP contribution in [-0.4, -0.2) is 12.5 Å². The first-order chi connectivity index (χ1) is 8.56. The number of hydrogen-bond acceptors (Lipinski definition) is 2. The third-order valence-electron chi connectivity index (χ3n) is 2.28. The zero-order valence-electron chi connectivity index (χ0n) is 10.5. The molecule has 1 aromatic rings. The third-order valence-corrected chi connectivity index (χ3v) is 2.49. The van der Waals surface area contributed by atoms with Gasteiger partial charge in [0.2, 0.25) is 0 Å². The monoisotopic (exact) mass is 262 g/mol. The van der Waals surface area contributed by atoms with E-state index in [0.29, 0.717) is 11.6 Å². The molecule has 0 unspecified atom stereocenters. The number of aryl methyl sites for hydroxylation is 1. The Kier molecular flexibility index (Phi) is 5.41. The van der Waals surface area contributed by atoms with Crippen molar-refractivity contribution in [3.05, 3.63) is 39.9 Å². The Morgan fingerprint density at radius 2 is 2.22 bits per heavy atom.